The van der Waals surface area contributed by atoms with Crippen LogP contribution in [0.1, 0.15) is 189 Å². The second-order valence-electron chi connectivity index (χ2n) is 13.4. The number of unbranched alkanes of at least 4 members (excludes halogenated alkanes) is 12. The molecule has 0 heterocycles. The van der Waals surface area contributed by atoms with Gasteiger partial charge in [-0.25, -0.2) is 0 Å². The van der Waals surface area contributed by atoms with Gasteiger partial charge < -0.3 is 14.2 Å². The SMILES string of the molecule is CCCCCCCC(CC)C(=O)Oc1cc(OC(=O)C(CC)CCCCCCC)c(CC)c(OC(=O)C(CC)CCCCCCC)c1. The molecule has 0 saturated heterocycles. The van der Waals surface area contributed by atoms with Gasteiger partial charge >= 0.3 is 17.9 Å². The molecule has 1 rings (SSSR count). The third-order valence-electron chi connectivity index (χ3n) is 9.58. The van der Waals surface area contributed by atoms with E-state index in [0.29, 0.717) is 42.7 Å². The fourth-order valence-electron chi connectivity index (χ4n) is 6.22. The Balaban J connectivity index is 3.26. The van der Waals surface area contributed by atoms with E-state index in [4.69, 9.17) is 14.2 Å². The third-order valence-corrected chi connectivity index (χ3v) is 9.58. The van der Waals surface area contributed by atoms with Gasteiger partial charge in [0.25, 0.3) is 0 Å². The van der Waals surface area contributed by atoms with Gasteiger partial charge in [-0.1, -0.05) is 145 Å². The number of rotatable bonds is 28. The lowest BCUT2D eigenvalue weighted by Crippen LogP contribution is -2.23. The standard InChI is InChI=1S/C41H70O6/c1-8-15-18-21-24-27-32(11-4)39(42)45-35-30-37(46-40(43)33(12-5)28-25-22-19-16-9-2)36(14-7)38(31-35)47-41(44)34(13-6)29-26-23-20-17-10-3/h30-34H,8-29H2,1-7H3. The van der Waals surface area contributed by atoms with Crippen molar-refractivity contribution >= 4 is 17.9 Å². The number of carbonyl (C=O) groups is 3. The van der Waals surface area contributed by atoms with E-state index < -0.39 is 0 Å². The predicted molar refractivity (Wildman–Crippen MR) is 194 cm³/mol. The van der Waals surface area contributed by atoms with Crippen LogP contribution >= 0.6 is 0 Å². The summed E-state index contributed by atoms with van der Waals surface area (Å²) < 4.78 is 18.1. The molecule has 0 aliphatic carbocycles. The topological polar surface area (TPSA) is 78.9 Å². The van der Waals surface area contributed by atoms with E-state index in [1.807, 2.05) is 27.7 Å². The molecular weight excluding hydrogens is 588 g/mol. The molecule has 1 aromatic carbocycles. The van der Waals surface area contributed by atoms with Crippen LogP contribution in [0, 0.1) is 17.8 Å². The first kappa shape index (κ1) is 42.7. The third kappa shape index (κ3) is 17.0. The lowest BCUT2D eigenvalue weighted by molar-refractivity contribution is -0.139. The van der Waals surface area contributed by atoms with Crippen LogP contribution < -0.4 is 14.2 Å². The maximum absolute atomic E-state index is 13.5. The van der Waals surface area contributed by atoms with E-state index in [9.17, 15) is 14.4 Å². The van der Waals surface area contributed by atoms with Gasteiger partial charge in [0.2, 0.25) is 0 Å². The smallest absolute Gasteiger partial charge is 0.314 e. The van der Waals surface area contributed by atoms with E-state index in [-0.39, 0.29) is 41.4 Å². The van der Waals surface area contributed by atoms with Gasteiger partial charge in [-0.15, -0.1) is 0 Å². The molecule has 1 aromatic rings. The lowest BCUT2D eigenvalue weighted by atomic mass is 9.97. The number of esters is 3. The maximum Gasteiger partial charge on any atom is 0.314 e. The van der Waals surface area contributed by atoms with Crippen LogP contribution in [0.3, 0.4) is 0 Å². The summed E-state index contributed by atoms with van der Waals surface area (Å²) in [6.45, 7) is 14.6. The Morgan fingerprint density at radius 3 is 1.09 bits per heavy atom. The van der Waals surface area contributed by atoms with Crippen molar-refractivity contribution in [2.75, 3.05) is 0 Å². The monoisotopic (exact) mass is 659 g/mol. The first-order valence-electron chi connectivity index (χ1n) is 19.6. The highest BCUT2D eigenvalue weighted by molar-refractivity contribution is 5.79. The van der Waals surface area contributed by atoms with Crippen molar-refractivity contribution in [2.24, 2.45) is 17.8 Å². The molecule has 0 amide bonds. The van der Waals surface area contributed by atoms with Crippen LogP contribution in [-0.4, -0.2) is 17.9 Å². The van der Waals surface area contributed by atoms with Gasteiger partial charge in [0.15, 0.2) is 0 Å². The first-order chi connectivity index (χ1) is 22.8. The number of benzene rings is 1. The summed E-state index contributed by atoms with van der Waals surface area (Å²) in [5, 5.41) is 0. The summed E-state index contributed by atoms with van der Waals surface area (Å²) in [6.07, 6.45) is 21.9. The zero-order valence-electron chi connectivity index (χ0n) is 31.4. The highest BCUT2D eigenvalue weighted by Gasteiger charge is 2.26. The lowest BCUT2D eigenvalue weighted by Gasteiger charge is -2.21. The Hall–Kier alpha value is -2.37. The quantitative estimate of drug-likeness (QED) is 0.0506. The Morgan fingerprint density at radius 2 is 0.787 bits per heavy atom. The van der Waals surface area contributed by atoms with Crippen molar-refractivity contribution in [1.29, 1.82) is 0 Å². The Labute approximate surface area is 288 Å². The van der Waals surface area contributed by atoms with Crippen molar-refractivity contribution in [3.63, 3.8) is 0 Å². The zero-order valence-corrected chi connectivity index (χ0v) is 31.4. The average molecular weight is 659 g/mol. The summed E-state index contributed by atoms with van der Waals surface area (Å²) >= 11 is 0. The van der Waals surface area contributed by atoms with Gasteiger partial charge in [-0.2, -0.15) is 0 Å². The van der Waals surface area contributed by atoms with Crippen LogP contribution in [0.2, 0.25) is 0 Å². The van der Waals surface area contributed by atoms with E-state index in [2.05, 4.69) is 20.8 Å². The van der Waals surface area contributed by atoms with Crippen LogP contribution in [0.4, 0.5) is 0 Å². The van der Waals surface area contributed by atoms with Gasteiger partial charge in [-0.05, 0) is 44.9 Å². The molecular formula is C41H70O6. The molecule has 0 saturated carbocycles. The van der Waals surface area contributed by atoms with Crippen molar-refractivity contribution in [3.8, 4) is 17.2 Å². The van der Waals surface area contributed by atoms with E-state index in [1.165, 1.54) is 57.8 Å². The summed E-state index contributed by atoms with van der Waals surface area (Å²) in [7, 11) is 0. The highest BCUT2D eigenvalue weighted by Crippen LogP contribution is 2.37. The Morgan fingerprint density at radius 1 is 0.468 bits per heavy atom. The van der Waals surface area contributed by atoms with E-state index >= 15 is 0 Å². The number of carbonyl (C=O) groups excluding carboxylic acids is 3. The summed E-state index contributed by atoms with van der Waals surface area (Å²) in [5.41, 5.74) is 0.644. The Kier molecular flexibility index (Phi) is 24.1. The minimum absolute atomic E-state index is 0.214. The minimum Gasteiger partial charge on any atom is -0.426 e. The predicted octanol–water partition coefficient (Wildman–Crippen LogP) is 12.1. The van der Waals surface area contributed by atoms with Gasteiger partial charge in [0.1, 0.15) is 17.2 Å². The summed E-state index contributed by atoms with van der Waals surface area (Å²) in [5.74, 6) is -0.618. The fraction of sp³-hybridized carbons (Fsp3) is 0.780. The zero-order chi connectivity index (χ0) is 34.9. The molecule has 0 aliphatic rings. The molecule has 3 unspecified atom stereocenters. The van der Waals surface area contributed by atoms with Crippen LogP contribution in [0.15, 0.2) is 12.1 Å². The summed E-state index contributed by atoms with van der Waals surface area (Å²) in [4.78, 5) is 40.3. The van der Waals surface area contributed by atoms with Crippen molar-refractivity contribution in [3.05, 3.63) is 17.7 Å². The molecule has 3 atom stereocenters. The summed E-state index contributed by atoms with van der Waals surface area (Å²) in [6, 6.07) is 3.28. The molecule has 0 aliphatic heterocycles. The second-order valence-corrected chi connectivity index (χ2v) is 13.4. The number of ether oxygens (including phenoxy) is 3. The molecule has 0 bridgehead atoms. The van der Waals surface area contributed by atoms with Crippen LogP contribution in [-0.2, 0) is 20.8 Å². The molecule has 0 fully saturated rings. The Bertz CT molecular complexity index is 945. The van der Waals surface area contributed by atoms with Gasteiger partial charge in [-0.3, -0.25) is 14.4 Å². The van der Waals surface area contributed by atoms with Crippen molar-refractivity contribution in [2.45, 2.75) is 190 Å². The number of hydrogen-bond donors (Lipinski definition) is 0. The average Bonchev–Trinajstić information content (AvgIpc) is 3.06. The van der Waals surface area contributed by atoms with E-state index in [0.717, 1.165) is 57.8 Å². The van der Waals surface area contributed by atoms with E-state index in [1.54, 1.807) is 12.1 Å². The fourth-order valence-corrected chi connectivity index (χ4v) is 6.22. The van der Waals surface area contributed by atoms with Crippen LogP contribution in [0.5, 0.6) is 17.2 Å². The molecule has 0 aromatic heterocycles. The first-order valence-corrected chi connectivity index (χ1v) is 19.6. The van der Waals surface area contributed by atoms with Crippen molar-refractivity contribution < 1.29 is 28.6 Å². The number of hydrogen-bond acceptors (Lipinski definition) is 6. The highest BCUT2D eigenvalue weighted by atomic mass is 16.6. The van der Waals surface area contributed by atoms with Crippen LogP contribution in [0.25, 0.3) is 0 Å². The largest absolute Gasteiger partial charge is 0.426 e. The maximum atomic E-state index is 13.5. The van der Waals surface area contributed by atoms with Gasteiger partial charge in [0, 0.05) is 17.7 Å². The van der Waals surface area contributed by atoms with Gasteiger partial charge in [0.05, 0.1) is 17.8 Å². The second kappa shape index (κ2) is 26.6. The molecule has 270 valence electrons. The molecule has 6 nitrogen and oxygen atoms in total. The molecule has 0 spiro atoms. The molecule has 6 heteroatoms. The molecule has 0 radical (unpaired) electrons. The molecule has 0 N–H and O–H groups in total. The normalized spacial score (nSPS) is 13.2. The minimum atomic E-state index is -0.293. The van der Waals surface area contributed by atoms with Crippen molar-refractivity contribution in [1.82, 2.24) is 0 Å². The molecule has 47 heavy (non-hydrogen) atoms.